The Hall–Kier alpha value is -1.67. The molecular formula is C14H12OS. The summed E-state index contributed by atoms with van der Waals surface area (Å²) in [5, 5.41) is 0.546. The molecule has 1 nitrogen and oxygen atoms in total. The third-order valence-corrected chi connectivity index (χ3v) is 2.58. The van der Waals surface area contributed by atoms with Gasteiger partial charge in [0.2, 0.25) is 0 Å². The number of ether oxygens (including phenoxy) is 1. The first-order chi connectivity index (χ1) is 7.86. The molecule has 0 fully saturated rings. The first-order valence-corrected chi connectivity index (χ1v) is 5.53. The molecule has 0 aliphatic carbocycles. The van der Waals surface area contributed by atoms with Crippen LogP contribution >= 0.6 is 12.2 Å². The Labute approximate surface area is 101 Å². The number of rotatable bonds is 3. The van der Waals surface area contributed by atoms with Gasteiger partial charge in [0.15, 0.2) is 5.05 Å². The average molecular weight is 228 g/mol. The predicted molar refractivity (Wildman–Crippen MR) is 69.4 cm³/mol. The standard InChI is InChI=1S/C14H12OS/c16-14(13-9-5-2-6-10-13)15-11-12-7-3-1-4-8-12/h1-10H,11H2. The highest BCUT2D eigenvalue weighted by molar-refractivity contribution is 7.80. The summed E-state index contributed by atoms with van der Waals surface area (Å²) < 4.78 is 5.55. The molecule has 2 aromatic carbocycles. The van der Waals surface area contributed by atoms with Crippen LogP contribution in [0.5, 0.6) is 0 Å². The predicted octanol–water partition coefficient (Wildman–Crippen LogP) is 3.58. The fourth-order valence-corrected chi connectivity index (χ4v) is 1.58. The Balaban J connectivity index is 1.95. The van der Waals surface area contributed by atoms with E-state index in [-0.39, 0.29) is 0 Å². The first kappa shape index (κ1) is 10.8. The van der Waals surface area contributed by atoms with Crippen LogP contribution in [0.1, 0.15) is 11.1 Å². The molecule has 0 bridgehead atoms. The quantitative estimate of drug-likeness (QED) is 0.743. The molecule has 0 unspecified atom stereocenters. The van der Waals surface area contributed by atoms with Crippen LogP contribution in [0, 0.1) is 0 Å². The molecule has 0 saturated carbocycles. The Morgan fingerprint density at radius 3 is 2.06 bits per heavy atom. The number of hydrogen-bond donors (Lipinski definition) is 0. The monoisotopic (exact) mass is 228 g/mol. The number of hydrogen-bond acceptors (Lipinski definition) is 2. The van der Waals surface area contributed by atoms with Crippen molar-refractivity contribution in [2.24, 2.45) is 0 Å². The van der Waals surface area contributed by atoms with E-state index in [1.165, 1.54) is 0 Å². The van der Waals surface area contributed by atoms with E-state index in [2.05, 4.69) is 0 Å². The van der Waals surface area contributed by atoms with E-state index in [1.807, 2.05) is 60.7 Å². The van der Waals surface area contributed by atoms with Crippen molar-refractivity contribution in [3.8, 4) is 0 Å². The van der Waals surface area contributed by atoms with E-state index >= 15 is 0 Å². The van der Waals surface area contributed by atoms with Crippen molar-refractivity contribution >= 4 is 17.3 Å². The Morgan fingerprint density at radius 1 is 0.875 bits per heavy atom. The minimum absolute atomic E-state index is 0.522. The molecule has 2 aromatic rings. The summed E-state index contributed by atoms with van der Waals surface area (Å²) in [6.07, 6.45) is 0. The van der Waals surface area contributed by atoms with Crippen LogP contribution in [-0.4, -0.2) is 5.05 Å². The van der Waals surface area contributed by atoms with Gasteiger partial charge in [0.05, 0.1) is 0 Å². The highest BCUT2D eigenvalue weighted by atomic mass is 32.1. The molecule has 2 rings (SSSR count). The minimum atomic E-state index is 0.522. The lowest BCUT2D eigenvalue weighted by Gasteiger charge is -2.07. The van der Waals surface area contributed by atoms with Crippen LogP contribution < -0.4 is 0 Å². The highest BCUT2D eigenvalue weighted by Gasteiger charge is 2.01. The summed E-state index contributed by atoms with van der Waals surface area (Å²) in [6.45, 7) is 0.522. The van der Waals surface area contributed by atoms with Crippen molar-refractivity contribution in [3.05, 3.63) is 71.8 Å². The van der Waals surface area contributed by atoms with Gasteiger partial charge >= 0.3 is 0 Å². The van der Waals surface area contributed by atoms with Crippen molar-refractivity contribution in [1.82, 2.24) is 0 Å². The molecule has 0 heterocycles. The normalized spacial score (nSPS) is 9.75. The van der Waals surface area contributed by atoms with Gasteiger partial charge in [-0.05, 0) is 17.8 Å². The van der Waals surface area contributed by atoms with Crippen LogP contribution in [0.4, 0.5) is 0 Å². The zero-order chi connectivity index (χ0) is 11.2. The lowest BCUT2D eigenvalue weighted by Crippen LogP contribution is -2.03. The van der Waals surface area contributed by atoms with Crippen molar-refractivity contribution in [2.75, 3.05) is 0 Å². The maximum absolute atomic E-state index is 5.55. The summed E-state index contributed by atoms with van der Waals surface area (Å²) in [6, 6.07) is 19.8. The second-order valence-corrected chi connectivity index (χ2v) is 3.80. The summed E-state index contributed by atoms with van der Waals surface area (Å²) >= 11 is 5.20. The van der Waals surface area contributed by atoms with Gasteiger partial charge in [-0.15, -0.1) is 0 Å². The third kappa shape index (κ3) is 2.91. The summed E-state index contributed by atoms with van der Waals surface area (Å²) in [7, 11) is 0. The zero-order valence-electron chi connectivity index (χ0n) is 8.80. The van der Waals surface area contributed by atoms with Crippen LogP contribution in [-0.2, 0) is 11.3 Å². The van der Waals surface area contributed by atoms with Crippen molar-refractivity contribution in [2.45, 2.75) is 6.61 Å². The van der Waals surface area contributed by atoms with Gasteiger partial charge in [-0.2, -0.15) is 0 Å². The molecule has 80 valence electrons. The molecule has 0 atom stereocenters. The van der Waals surface area contributed by atoms with Crippen LogP contribution in [0.2, 0.25) is 0 Å². The van der Waals surface area contributed by atoms with Gasteiger partial charge in [0, 0.05) is 5.56 Å². The zero-order valence-corrected chi connectivity index (χ0v) is 9.61. The van der Waals surface area contributed by atoms with E-state index < -0.39 is 0 Å². The highest BCUT2D eigenvalue weighted by Crippen LogP contribution is 2.06. The van der Waals surface area contributed by atoms with Gasteiger partial charge in [-0.25, -0.2) is 0 Å². The minimum Gasteiger partial charge on any atom is -0.478 e. The van der Waals surface area contributed by atoms with Gasteiger partial charge in [0.25, 0.3) is 0 Å². The molecule has 0 radical (unpaired) electrons. The second-order valence-electron chi connectivity index (χ2n) is 3.43. The molecule has 2 heteroatoms. The number of benzene rings is 2. The first-order valence-electron chi connectivity index (χ1n) is 5.12. The van der Waals surface area contributed by atoms with Crippen LogP contribution in [0.15, 0.2) is 60.7 Å². The largest absolute Gasteiger partial charge is 0.478 e. The molecule has 0 aromatic heterocycles. The van der Waals surface area contributed by atoms with E-state index in [9.17, 15) is 0 Å². The topological polar surface area (TPSA) is 9.23 Å². The maximum atomic E-state index is 5.55. The molecular weight excluding hydrogens is 216 g/mol. The van der Waals surface area contributed by atoms with Crippen molar-refractivity contribution in [1.29, 1.82) is 0 Å². The molecule has 0 amide bonds. The van der Waals surface area contributed by atoms with E-state index in [4.69, 9.17) is 17.0 Å². The molecule has 0 aliphatic heterocycles. The Morgan fingerprint density at radius 2 is 1.44 bits per heavy atom. The van der Waals surface area contributed by atoms with E-state index in [0.717, 1.165) is 11.1 Å². The van der Waals surface area contributed by atoms with Crippen molar-refractivity contribution < 1.29 is 4.74 Å². The smallest absolute Gasteiger partial charge is 0.191 e. The van der Waals surface area contributed by atoms with Crippen molar-refractivity contribution in [3.63, 3.8) is 0 Å². The van der Waals surface area contributed by atoms with E-state index in [0.29, 0.717) is 11.7 Å². The van der Waals surface area contributed by atoms with Crippen LogP contribution in [0.25, 0.3) is 0 Å². The SMILES string of the molecule is S=C(OCc1ccccc1)c1ccccc1. The van der Waals surface area contributed by atoms with Gasteiger partial charge in [-0.3, -0.25) is 0 Å². The average Bonchev–Trinajstić information content (AvgIpc) is 2.38. The fourth-order valence-electron chi connectivity index (χ4n) is 1.38. The molecule has 0 spiro atoms. The Kier molecular flexibility index (Phi) is 3.67. The third-order valence-electron chi connectivity index (χ3n) is 2.22. The van der Waals surface area contributed by atoms with Gasteiger partial charge in [-0.1, -0.05) is 60.7 Å². The molecule has 0 saturated heterocycles. The Bertz CT molecular complexity index is 451. The second kappa shape index (κ2) is 5.42. The number of thiocarbonyl (C=S) groups is 1. The summed E-state index contributed by atoms with van der Waals surface area (Å²) in [4.78, 5) is 0. The van der Waals surface area contributed by atoms with Gasteiger partial charge < -0.3 is 4.74 Å². The summed E-state index contributed by atoms with van der Waals surface area (Å²) in [5.41, 5.74) is 2.08. The molecule has 16 heavy (non-hydrogen) atoms. The lowest BCUT2D eigenvalue weighted by atomic mass is 10.2. The van der Waals surface area contributed by atoms with Gasteiger partial charge in [0.1, 0.15) is 6.61 Å². The molecule has 0 aliphatic rings. The molecule has 0 N–H and O–H groups in total. The fraction of sp³-hybridized carbons (Fsp3) is 0.0714. The lowest BCUT2D eigenvalue weighted by molar-refractivity contribution is 0.302. The van der Waals surface area contributed by atoms with Crippen LogP contribution in [0.3, 0.4) is 0 Å². The van der Waals surface area contributed by atoms with E-state index in [1.54, 1.807) is 0 Å². The maximum Gasteiger partial charge on any atom is 0.191 e. The summed E-state index contributed by atoms with van der Waals surface area (Å²) in [5.74, 6) is 0.